The Labute approximate surface area is 141 Å². The second-order valence-electron chi connectivity index (χ2n) is 6.89. The number of aliphatic imine (C=N–C) groups is 1. The molecule has 2 N–H and O–H groups in total. The highest BCUT2D eigenvalue weighted by molar-refractivity contribution is 5.79. The zero-order chi connectivity index (χ0) is 16.5. The van der Waals surface area contributed by atoms with Gasteiger partial charge in [-0.25, -0.2) is 0 Å². The van der Waals surface area contributed by atoms with Gasteiger partial charge in [0.1, 0.15) is 0 Å². The van der Waals surface area contributed by atoms with E-state index in [1.54, 1.807) is 0 Å². The molecule has 1 fully saturated rings. The highest BCUT2D eigenvalue weighted by Crippen LogP contribution is 2.30. The molecule has 1 aliphatic carbocycles. The van der Waals surface area contributed by atoms with Crippen molar-refractivity contribution in [2.45, 2.75) is 52.4 Å². The third kappa shape index (κ3) is 6.63. The summed E-state index contributed by atoms with van der Waals surface area (Å²) >= 11 is 0. The summed E-state index contributed by atoms with van der Waals surface area (Å²) in [5.41, 5.74) is 1.26. The number of guanidine groups is 1. The van der Waals surface area contributed by atoms with Crippen molar-refractivity contribution in [3.63, 3.8) is 0 Å². The Morgan fingerprint density at radius 1 is 1.39 bits per heavy atom. The van der Waals surface area contributed by atoms with Crippen molar-refractivity contribution < 1.29 is 0 Å². The molecule has 2 atom stereocenters. The Morgan fingerprint density at radius 2 is 2.26 bits per heavy atom. The largest absolute Gasteiger partial charge is 0.357 e. The van der Waals surface area contributed by atoms with E-state index >= 15 is 0 Å². The summed E-state index contributed by atoms with van der Waals surface area (Å²) in [4.78, 5) is 4.74. The molecule has 2 rings (SSSR count). The molecule has 2 unspecified atom stereocenters. The van der Waals surface area contributed by atoms with Crippen LogP contribution in [0.4, 0.5) is 0 Å². The molecule has 1 aromatic rings. The van der Waals surface area contributed by atoms with Gasteiger partial charge in [-0.1, -0.05) is 26.2 Å². The van der Waals surface area contributed by atoms with Crippen LogP contribution in [-0.4, -0.2) is 35.4 Å². The van der Waals surface area contributed by atoms with E-state index in [-0.39, 0.29) is 0 Å². The average Bonchev–Trinajstić information content (AvgIpc) is 2.93. The molecule has 0 saturated heterocycles. The second-order valence-corrected chi connectivity index (χ2v) is 6.89. The number of aryl methyl sites for hydroxylation is 1. The lowest BCUT2D eigenvalue weighted by Gasteiger charge is -2.26. The zero-order valence-corrected chi connectivity index (χ0v) is 15.0. The van der Waals surface area contributed by atoms with E-state index in [9.17, 15) is 0 Å². The summed E-state index contributed by atoms with van der Waals surface area (Å²) < 4.78 is 1.85. The van der Waals surface area contributed by atoms with Crippen LogP contribution in [0.3, 0.4) is 0 Å². The number of hydrogen-bond acceptors (Lipinski definition) is 2. The number of nitrogens with zero attached hydrogens (tertiary/aromatic N) is 3. The SMILES string of the molecule is CCNC(=NCCC1CCCC(C)C1)NCCc1cnn(C)c1. The predicted octanol–water partition coefficient (Wildman–Crippen LogP) is 2.73. The molecule has 1 aliphatic rings. The van der Waals surface area contributed by atoms with Crippen molar-refractivity contribution in [2.24, 2.45) is 23.9 Å². The summed E-state index contributed by atoms with van der Waals surface area (Å²) in [7, 11) is 1.95. The Balaban J connectivity index is 1.70. The van der Waals surface area contributed by atoms with E-state index in [2.05, 4.69) is 35.8 Å². The van der Waals surface area contributed by atoms with Gasteiger partial charge in [-0.05, 0) is 43.6 Å². The highest BCUT2D eigenvalue weighted by atomic mass is 15.2. The third-order valence-electron chi connectivity index (χ3n) is 4.66. The number of hydrogen-bond donors (Lipinski definition) is 2. The Bertz CT molecular complexity index is 480. The normalized spacial score (nSPS) is 22.1. The van der Waals surface area contributed by atoms with Gasteiger partial charge < -0.3 is 10.6 Å². The van der Waals surface area contributed by atoms with E-state index in [4.69, 9.17) is 4.99 Å². The topological polar surface area (TPSA) is 54.2 Å². The van der Waals surface area contributed by atoms with E-state index < -0.39 is 0 Å². The molecule has 0 aliphatic heterocycles. The van der Waals surface area contributed by atoms with E-state index in [0.29, 0.717) is 0 Å². The fourth-order valence-corrected chi connectivity index (χ4v) is 3.45. The maximum absolute atomic E-state index is 4.74. The van der Waals surface area contributed by atoms with Gasteiger partial charge in [-0.3, -0.25) is 9.67 Å². The maximum atomic E-state index is 4.74. The van der Waals surface area contributed by atoms with Crippen LogP contribution in [0.1, 0.15) is 51.5 Å². The minimum absolute atomic E-state index is 0.876. The molecule has 0 radical (unpaired) electrons. The quantitative estimate of drug-likeness (QED) is 0.600. The van der Waals surface area contributed by atoms with E-state index in [1.165, 1.54) is 37.7 Å². The van der Waals surface area contributed by atoms with Crippen molar-refractivity contribution in [1.29, 1.82) is 0 Å². The van der Waals surface area contributed by atoms with Crippen LogP contribution in [0.25, 0.3) is 0 Å². The number of rotatable bonds is 7. The summed E-state index contributed by atoms with van der Waals surface area (Å²) in [6.45, 7) is 7.22. The first-order chi connectivity index (χ1) is 11.2. The zero-order valence-electron chi connectivity index (χ0n) is 15.0. The molecule has 5 nitrogen and oxygen atoms in total. The van der Waals surface area contributed by atoms with Crippen molar-refractivity contribution in [3.8, 4) is 0 Å². The molecule has 0 aromatic carbocycles. The first-order valence-electron chi connectivity index (χ1n) is 9.17. The fourth-order valence-electron chi connectivity index (χ4n) is 3.45. The molecule has 0 spiro atoms. The van der Waals surface area contributed by atoms with Gasteiger partial charge >= 0.3 is 0 Å². The molecular formula is C18H33N5. The van der Waals surface area contributed by atoms with Crippen molar-refractivity contribution >= 4 is 5.96 Å². The van der Waals surface area contributed by atoms with Gasteiger partial charge in [0.15, 0.2) is 5.96 Å². The van der Waals surface area contributed by atoms with Crippen LogP contribution in [0.5, 0.6) is 0 Å². The van der Waals surface area contributed by atoms with Crippen LogP contribution < -0.4 is 10.6 Å². The molecule has 5 heteroatoms. The van der Waals surface area contributed by atoms with Crippen molar-refractivity contribution in [3.05, 3.63) is 18.0 Å². The Hall–Kier alpha value is -1.52. The van der Waals surface area contributed by atoms with Gasteiger partial charge in [-0.2, -0.15) is 5.10 Å². The van der Waals surface area contributed by atoms with Gasteiger partial charge in [0, 0.05) is 32.9 Å². The van der Waals surface area contributed by atoms with Gasteiger partial charge in [0.05, 0.1) is 6.20 Å². The minimum atomic E-state index is 0.876. The molecule has 23 heavy (non-hydrogen) atoms. The third-order valence-corrected chi connectivity index (χ3v) is 4.66. The van der Waals surface area contributed by atoms with Gasteiger partial charge in [0.2, 0.25) is 0 Å². The second kappa shape index (κ2) is 9.58. The van der Waals surface area contributed by atoms with Crippen LogP contribution in [-0.2, 0) is 13.5 Å². The van der Waals surface area contributed by atoms with Crippen LogP contribution >= 0.6 is 0 Å². The van der Waals surface area contributed by atoms with Gasteiger partial charge in [-0.15, -0.1) is 0 Å². The standard InChI is InChI=1S/C18H33N5/c1-4-19-18(21-11-9-17-13-22-23(3)14-17)20-10-8-16-7-5-6-15(2)12-16/h13-16H,4-12H2,1-3H3,(H2,19,20,21). The molecular weight excluding hydrogens is 286 g/mol. The van der Waals surface area contributed by atoms with Gasteiger partial charge in [0.25, 0.3) is 0 Å². The molecule has 1 saturated carbocycles. The van der Waals surface area contributed by atoms with Crippen molar-refractivity contribution in [1.82, 2.24) is 20.4 Å². The van der Waals surface area contributed by atoms with Crippen LogP contribution in [0.15, 0.2) is 17.4 Å². The first-order valence-corrected chi connectivity index (χ1v) is 9.17. The number of aromatic nitrogens is 2. The summed E-state index contributed by atoms with van der Waals surface area (Å²) in [5.74, 6) is 2.73. The molecule has 1 aromatic heterocycles. The lowest BCUT2D eigenvalue weighted by Crippen LogP contribution is -2.38. The highest BCUT2D eigenvalue weighted by Gasteiger charge is 2.18. The summed E-state index contributed by atoms with van der Waals surface area (Å²) in [6, 6.07) is 0. The maximum Gasteiger partial charge on any atom is 0.191 e. The first kappa shape index (κ1) is 17.8. The fraction of sp³-hybridized carbons (Fsp3) is 0.778. The van der Waals surface area contributed by atoms with E-state index in [1.807, 2.05) is 17.9 Å². The number of nitrogens with one attached hydrogen (secondary N) is 2. The van der Waals surface area contributed by atoms with Crippen LogP contribution in [0.2, 0.25) is 0 Å². The predicted molar refractivity (Wildman–Crippen MR) is 96.6 cm³/mol. The molecule has 1 heterocycles. The summed E-state index contributed by atoms with van der Waals surface area (Å²) in [5, 5.41) is 11.0. The average molecular weight is 319 g/mol. The summed E-state index contributed by atoms with van der Waals surface area (Å²) in [6.07, 6.45) is 11.8. The molecule has 0 bridgehead atoms. The Kier molecular flexibility index (Phi) is 7.43. The van der Waals surface area contributed by atoms with Crippen molar-refractivity contribution in [2.75, 3.05) is 19.6 Å². The lowest BCUT2D eigenvalue weighted by molar-refractivity contribution is 0.272. The van der Waals surface area contributed by atoms with E-state index in [0.717, 1.165) is 43.9 Å². The molecule has 130 valence electrons. The smallest absolute Gasteiger partial charge is 0.191 e. The Morgan fingerprint density at radius 3 is 2.96 bits per heavy atom. The van der Waals surface area contributed by atoms with Crippen LogP contribution in [0, 0.1) is 11.8 Å². The minimum Gasteiger partial charge on any atom is -0.357 e. The monoisotopic (exact) mass is 319 g/mol. The lowest BCUT2D eigenvalue weighted by atomic mass is 9.81. The molecule has 0 amide bonds.